The molecule has 2 N–H and O–H groups in total. The van der Waals surface area contributed by atoms with Crippen molar-refractivity contribution < 1.29 is 9.53 Å². The monoisotopic (exact) mass is 309 g/mol. The minimum absolute atomic E-state index is 0.0435. The third kappa shape index (κ3) is 3.81. The first-order valence-corrected chi connectivity index (χ1v) is 9.04. The smallest absolute Gasteiger partial charge is 0.237 e. The van der Waals surface area contributed by atoms with Crippen LogP contribution in [0.25, 0.3) is 0 Å². The zero-order valence-corrected chi connectivity index (χ0v) is 13.9. The Hall–Kier alpha value is -0.650. The van der Waals surface area contributed by atoms with Crippen molar-refractivity contribution in [2.45, 2.75) is 63.1 Å². The summed E-state index contributed by atoms with van der Waals surface area (Å²) in [5, 5.41) is 6.77. The molecule has 0 bridgehead atoms. The first-order chi connectivity index (χ1) is 10.8. The highest BCUT2D eigenvalue weighted by Crippen LogP contribution is 2.33. The molecule has 4 unspecified atom stereocenters. The van der Waals surface area contributed by atoms with Crippen molar-refractivity contribution in [3.63, 3.8) is 0 Å². The fourth-order valence-electron chi connectivity index (χ4n) is 4.49. The second-order valence-corrected chi connectivity index (χ2v) is 7.18. The average Bonchev–Trinajstić information content (AvgIpc) is 3.16. The first-order valence-electron chi connectivity index (χ1n) is 9.04. The summed E-state index contributed by atoms with van der Waals surface area (Å²) < 4.78 is 5.17. The van der Waals surface area contributed by atoms with Crippen LogP contribution < -0.4 is 10.6 Å². The SMILES string of the molecule is COCCN1CCCC1CNC(=O)C1CC2CCCCC2N1. The van der Waals surface area contributed by atoms with E-state index in [1.54, 1.807) is 7.11 Å². The van der Waals surface area contributed by atoms with Crippen molar-refractivity contribution in [3.05, 3.63) is 0 Å². The van der Waals surface area contributed by atoms with E-state index in [1.165, 1.54) is 38.5 Å². The van der Waals surface area contributed by atoms with Crippen molar-refractivity contribution >= 4 is 5.91 Å². The largest absolute Gasteiger partial charge is 0.383 e. The van der Waals surface area contributed by atoms with Gasteiger partial charge in [-0.2, -0.15) is 0 Å². The number of rotatable bonds is 6. The summed E-state index contributed by atoms with van der Waals surface area (Å²) in [5.41, 5.74) is 0. The molecule has 1 aliphatic carbocycles. The molecule has 0 spiro atoms. The number of carbonyl (C=O) groups is 1. The van der Waals surface area contributed by atoms with Crippen LogP contribution in [0.2, 0.25) is 0 Å². The molecule has 22 heavy (non-hydrogen) atoms. The molecule has 0 aromatic rings. The third-order valence-electron chi connectivity index (χ3n) is 5.77. The number of likely N-dealkylation sites (tertiary alicyclic amines) is 1. The summed E-state index contributed by atoms with van der Waals surface area (Å²) in [6.45, 7) is 3.67. The fourth-order valence-corrected chi connectivity index (χ4v) is 4.49. The highest BCUT2D eigenvalue weighted by molar-refractivity contribution is 5.82. The maximum Gasteiger partial charge on any atom is 0.237 e. The Bertz CT molecular complexity index is 363. The van der Waals surface area contributed by atoms with Gasteiger partial charge in [0.15, 0.2) is 0 Å². The molecule has 3 fully saturated rings. The zero-order valence-electron chi connectivity index (χ0n) is 13.9. The second kappa shape index (κ2) is 7.75. The number of nitrogens with one attached hydrogen (secondary N) is 2. The number of amides is 1. The molecular weight excluding hydrogens is 278 g/mol. The van der Waals surface area contributed by atoms with Crippen LogP contribution >= 0.6 is 0 Å². The van der Waals surface area contributed by atoms with E-state index in [9.17, 15) is 4.79 Å². The predicted molar refractivity (Wildman–Crippen MR) is 86.8 cm³/mol. The number of methoxy groups -OCH3 is 1. The molecule has 3 rings (SSSR count). The van der Waals surface area contributed by atoms with Crippen molar-refractivity contribution in [2.24, 2.45) is 5.92 Å². The van der Waals surface area contributed by atoms with Gasteiger partial charge in [-0.3, -0.25) is 9.69 Å². The lowest BCUT2D eigenvalue weighted by Gasteiger charge is -2.25. The summed E-state index contributed by atoms with van der Waals surface area (Å²) in [7, 11) is 1.75. The van der Waals surface area contributed by atoms with Gasteiger partial charge < -0.3 is 15.4 Å². The Morgan fingerprint density at radius 2 is 2.14 bits per heavy atom. The van der Waals surface area contributed by atoms with Crippen LogP contribution in [-0.4, -0.2) is 62.3 Å². The van der Waals surface area contributed by atoms with Gasteiger partial charge in [0.05, 0.1) is 12.6 Å². The lowest BCUT2D eigenvalue weighted by molar-refractivity contribution is -0.123. The molecule has 5 heteroatoms. The predicted octanol–water partition coefficient (Wildman–Crippen LogP) is 1.13. The van der Waals surface area contributed by atoms with Gasteiger partial charge in [0, 0.05) is 32.3 Å². The molecule has 0 aromatic heterocycles. The molecule has 5 nitrogen and oxygen atoms in total. The normalized spacial score (nSPS) is 35.5. The lowest BCUT2D eigenvalue weighted by atomic mass is 9.85. The van der Waals surface area contributed by atoms with Crippen molar-refractivity contribution in [3.8, 4) is 0 Å². The topological polar surface area (TPSA) is 53.6 Å². The number of carbonyl (C=O) groups excluding carboxylic acids is 1. The van der Waals surface area contributed by atoms with Crippen LogP contribution in [0.15, 0.2) is 0 Å². The maximum absolute atomic E-state index is 12.4. The van der Waals surface area contributed by atoms with Gasteiger partial charge in [-0.1, -0.05) is 12.8 Å². The van der Waals surface area contributed by atoms with E-state index in [-0.39, 0.29) is 11.9 Å². The van der Waals surface area contributed by atoms with Crippen molar-refractivity contribution in [1.29, 1.82) is 0 Å². The molecule has 1 amide bonds. The summed E-state index contributed by atoms with van der Waals surface area (Å²) in [5.74, 6) is 0.946. The number of nitrogens with zero attached hydrogens (tertiary/aromatic N) is 1. The van der Waals surface area contributed by atoms with Crippen molar-refractivity contribution in [2.75, 3.05) is 33.4 Å². The lowest BCUT2D eigenvalue weighted by Crippen LogP contribution is -2.47. The molecule has 3 aliphatic rings. The molecule has 2 saturated heterocycles. The Labute approximate surface area is 134 Å². The van der Waals surface area contributed by atoms with Crippen LogP contribution in [0.3, 0.4) is 0 Å². The fraction of sp³-hybridized carbons (Fsp3) is 0.941. The standard InChI is InChI=1S/C17H31N3O2/c1-22-10-9-20-8-4-6-14(20)12-18-17(21)16-11-13-5-2-3-7-15(13)19-16/h13-16,19H,2-12H2,1H3,(H,18,21). The van der Waals surface area contributed by atoms with Crippen LogP contribution in [0.4, 0.5) is 0 Å². The van der Waals surface area contributed by atoms with Gasteiger partial charge >= 0.3 is 0 Å². The van der Waals surface area contributed by atoms with E-state index in [4.69, 9.17) is 4.74 Å². The second-order valence-electron chi connectivity index (χ2n) is 7.18. The van der Waals surface area contributed by atoms with E-state index in [0.29, 0.717) is 12.1 Å². The number of ether oxygens (including phenoxy) is 1. The van der Waals surface area contributed by atoms with Gasteiger partial charge in [0.25, 0.3) is 0 Å². The molecule has 2 heterocycles. The molecular formula is C17H31N3O2. The molecule has 0 radical (unpaired) electrons. The van der Waals surface area contributed by atoms with Gasteiger partial charge in [0.2, 0.25) is 5.91 Å². The highest BCUT2D eigenvalue weighted by atomic mass is 16.5. The number of hydrogen-bond acceptors (Lipinski definition) is 4. The molecule has 2 aliphatic heterocycles. The van der Waals surface area contributed by atoms with E-state index < -0.39 is 0 Å². The van der Waals surface area contributed by atoms with Gasteiger partial charge in [-0.05, 0) is 44.6 Å². The number of hydrogen-bond donors (Lipinski definition) is 2. The Kier molecular flexibility index (Phi) is 5.71. The van der Waals surface area contributed by atoms with Crippen LogP contribution in [-0.2, 0) is 9.53 Å². The first kappa shape index (κ1) is 16.2. The van der Waals surface area contributed by atoms with E-state index in [2.05, 4.69) is 15.5 Å². The highest BCUT2D eigenvalue weighted by Gasteiger charge is 2.38. The van der Waals surface area contributed by atoms with Crippen LogP contribution in [0, 0.1) is 5.92 Å². The molecule has 126 valence electrons. The summed E-state index contributed by atoms with van der Waals surface area (Å²) in [6.07, 6.45) is 8.67. The van der Waals surface area contributed by atoms with Crippen LogP contribution in [0.1, 0.15) is 44.9 Å². The summed E-state index contributed by atoms with van der Waals surface area (Å²) >= 11 is 0. The minimum Gasteiger partial charge on any atom is -0.383 e. The van der Waals surface area contributed by atoms with E-state index in [0.717, 1.165) is 38.6 Å². The van der Waals surface area contributed by atoms with Gasteiger partial charge in [-0.25, -0.2) is 0 Å². The average molecular weight is 309 g/mol. The molecule has 4 atom stereocenters. The maximum atomic E-state index is 12.4. The molecule has 1 saturated carbocycles. The number of fused-ring (bicyclic) bond motifs is 1. The van der Waals surface area contributed by atoms with Crippen molar-refractivity contribution in [1.82, 2.24) is 15.5 Å². The van der Waals surface area contributed by atoms with Gasteiger partial charge in [0.1, 0.15) is 0 Å². The van der Waals surface area contributed by atoms with Gasteiger partial charge in [-0.15, -0.1) is 0 Å². The Morgan fingerprint density at radius 1 is 1.27 bits per heavy atom. The van der Waals surface area contributed by atoms with E-state index in [1.807, 2.05) is 0 Å². The Morgan fingerprint density at radius 3 is 2.95 bits per heavy atom. The minimum atomic E-state index is 0.0435. The van der Waals surface area contributed by atoms with E-state index >= 15 is 0 Å². The summed E-state index contributed by atoms with van der Waals surface area (Å²) in [6, 6.07) is 1.12. The zero-order chi connectivity index (χ0) is 15.4. The Balaban J connectivity index is 1.42. The van der Waals surface area contributed by atoms with Crippen LogP contribution in [0.5, 0.6) is 0 Å². The third-order valence-corrected chi connectivity index (χ3v) is 5.77. The summed E-state index contributed by atoms with van der Waals surface area (Å²) in [4.78, 5) is 14.9. The quantitative estimate of drug-likeness (QED) is 0.772. The molecule has 0 aromatic carbocycles.